The number of benzene rings is 1. The molecule has 0 unspecified atom stereocenters. The molecule has 4 nitrogen and oxygen atoms in total. The van der Waals surface area contributed by atoms with Crippen molar-refractivity contribution in [3.63, 3.8) is 0 Å². The summed E-state index contributed by atoms with van der Waals surface area (Å²) in [4.78, 5) is 25.7. The van der Waals surface area contributed by atoms with E-state index in [-0.39, 0.29) is 84.7 Å². The molecule has 31 heavy (non-hydrogen) atoms. The number of amides is 1. The van der Waals surface area contributed by atoms with E-state index in [9.17, 15) is 14.7 Å². The number of hydrogen-bond acceptors (Lipinski definition) is 3. The Morgan fingerprint density at radius 3 is 2.45 bits per heavy atom. The first kappa shape index (κ1) is 30.9. The van der Waals surface area contributed by atoms with Crippen molar-refractivity contribution in [3.05, 3.63) is 76.8 Å². The number of anilines is 1. The van der Waals surface area contributed by atoms with Gasteiger partial charge in [0.2, 0.25) is 5.91 Å². The molecule has 0 heterocycles. The van der Waals surface area contributed by atoms with Crippen LogP contribution in [0.25, 0.3) is 0 Å². The first-order chi connectivity index (χ1) is 13.9. The van der Waals surface area contributed by atoms with Crippen molar-refractivity contribution in [2.24, 2.45) is 5.92 Å². The minimum Gasteiger partial charge on any atom is -1.00 e. The molecule has 7 heteroatoms. The van der Waals surface area contributed by atoms with Gasteiger partial charge in [-0.2, -0.15) is 0 Å². The summed E-state index contributed by atoms with van der Waals surface area (Å²) < 4.78 is 0.920. The van der Waals surface area contributed by atoms with E-state index in [1.165, 1.54) is 12.5 Å². The third kappa shape index (κ3) is 11.0. The number of hydrogen-bond donors (Lipinski definition) is 0. The third-order valence-electron chi connectivity index (χ3n) is 4.99. The molecular weight excluding hydrogens is 694 g/mol. The summed E-state index contributed by atoms with van der Waals surface area (Å²) in [6.45, 7) is 6.09. The van der Waals surface area contributed by atoms with Gasteiger partial charge in [0.1, 0.15) is 0 Å². The van der Waals surface area contributed by atoms with Crippen LogP contribution in [0.15, 0.2) is 76.8 Å². The van der Waals surface area contributed by atoms with Crippen molar-refractivity contribution >= 4 is 82.4 Å². The van der Waals surface area contributed by atoms with Gasteiger partial charge in [0.05, 0.1) is 12.5 Å². The Kier molecular flexibility index (Phi) is 16.5. The molecule has 1 aliphatic rings. The molecule has 0 atom stereocenters. The maximum atomic E-state index is 13.3. The summed E-state index contributed by atoms with van der Waals surface area (Å²) in [5.74, 6) is -1.03. The SMILES string of the molecule is C=C\C(=C/C=C(C)/C=C/C(=O)[O-])CN(C(=O)C1CCCCC1)c1cccc(Br)c1.[Ba+2].[I-]. The third-order valence-corrected chi connectivity index (χ3v) is 5.48. The first-order valence-electron chi connectivity index (χ1n) is 9.86. The Hall–Kier alpha value is -0.0986. The van der Waals surface area contributed by atoms with Gasteiger partial charge in [-0.1, -0.05) is 77.7 Å². The standard InChI is InChI=1S/C24H28BrNO3.Ba.HI/c1-3-19(14-12-18(2)13-15-23(27)28)17-26(22-11-7-10-21(25)16-22)24(29)20-8-5-4-6-9-20;;/h3,7,10-16,20H,1,4-6,8-9,17H2,2H3,(H,27,28);;1H/q;+2;/p-2/b15-13+,18-12+,19-14+;;. The van der Waals surface area contributed by atoms with Gasteiger partial charge in [0.25, 0.3) is 0 Å². The van der Waals surface area contributed by atoms with Crippen molar-refractivity contribution in [2.45, 2.75) is 39.0 Å². The maximum absolute atomic E-state index is 13.3. The van der Waals surface area contributed by atoms with Crippen LogP contribution < -0.4 is 34.0 Å². The average molecular weight is 722 g/mol. The van der Waals surface area contributed by atoms with Gasteiger partial charge < -0.3 is 38.8 Å². The predicted molar refractivity (Wildman–Crippen MR) is 125 cm³/mol. The number of aliphatic carboxylic acids is 1. The van der Waals surface area contributed by atoms with E-state index in [4.69, 9.17) is 0 Å². The number of carbonyl (C=O) groups is 2. The fraction of sp³-hybridized carbons (Fsp3) is 0.333. The van der Waals surface area contributed by atoms with Crippen molar-refractivity contribution in [1.82, 2.24) is 0 Å². The molecule has 162 valence electrons. The van der Waals surface area contributed by atoms with Crippen molar-refractivity contribution in [1.29, 1.82) is 0 Å². The summed E-state index contributed by atoms with van der Waals surface area (Å²) in [6.07, 6.45) is 13.1. The molecule has 1 saturated carbocycles. The van der Waals surface area contributed by atoms with Gasteiger partial charge in [-0.25, -0.2) is 0 Å². The fourth-order valence-corrected chi connectivity index (χ4v) is 3.76. The van der Waals surface area contributed by atoms with Crippen LogP contribution in [0.3, 0.4) is 0 Å². The molecule has 0 aromatic heterocycles. The number of allylic oxidation sites excluding steroid dienone is 4. The summed E-state index contributed by atoms with van der Waals surface area (Å²) in [6, 6.07) is 7.75. The van der Waals surface area contributed by atoms with E-state index in [1.54, 1.807) is 19.1 Å². The summed E-state index contributed by atoms with van der Waals surface area (Å²) in [5, 5.41) is 10.5. The zero-order chi connectivity index (χ0) is 21.2. The topological polar surface area (TPSA) is 60.4 Å². The van der Waals surface area contributed by atoms with Crippen LogP contribution >= 0.6 is 15.9 Å². The van der Waals surface area contributed by atoms with Gasteiger partial charge in [0.15, 0.2) is 0 Å². The van der Waals surface area contributed by atoms with Crippen LogP contribution in [-0.2, 0) is 9.59 Å². The first-order valence-corrected chi connectivity index (χ1v) is 10.7. The fourth-order valence-electron chi connectivity index (χ4n) is 3.37. The number of rotatable bonds is 8. The number of carboxylic acid groups (broad SMARTS) is 1. The van der Waals surface area contributed by atoms with E-state index in [0.717, 1.165) is 53.1 Å². The Bertz CT molecular complexity index is 845. The number of halogens is 2. The minimum absolute atomic E-state index is 0. The Labute approximate surface area is 251 Å². The molecular formula is C24H27BaBrINO3. The van der Waals surface area contributed by atoms with Crippen LogP contribution in [0.1, 0.15) is 39.0 Å². The zero-order valence-electron chi connectivity index (χ0n) is 17.9. The molecule has 0 radical (unpaired) electrons. The summed E-state index contributed by atoms with van der Waals surface area (Å²) in [7, 11) is 0. The van der Waals surface area contributed by atoms with Gasteiger partial charge >= 0.3 is 48.9 Å². The largest absolute Gasteiger partial charge is 2.00 e. The van der Waals surface area contributed by atoms with E-state index >= 15 is 0 Å². The monoisotopic (exact) mass is 721 g/mol. The zero-order valence-corrected chi connectivity index (χ0v) is 26.0. The molecule has 1 aromatic carbocycles. The van der Waals surface area contributed by atoms with Crippen molar-refractivity contribution < 1.29 is 38.7 Å². The quantitative estimate of drug-likeness (QED) is 0.177. The molecule has 0 N–H and O–H groups in total. The second kappa shape index (κ2) is 16.5. The van der Waals surface area contributed by atoms with Crippen LogP contribution in [0, 0.1) is 5.92 Å². The predicted octanol–water partition coefficient (Wildman–Crippen LogP) is 1.35. The van der Waals surface area contributed by atoms with E-state index < -0.39 is 5.97 Å². The van der Waals surface area contributed by atoms with Gasteiger partial charge in [-0.15, -0.1) is 0 Å². The summed E-state index contributed by atoms with van der Waals surface area (Å²) in [5.41, 5.74) is 2.48. The van der Waals surface area contributed by atoms with Crippen LogP contribution in [0.5, 0.6) is 0 Å². The Morgan fingerprint density at radius 1 is 1.19 bits per heavy atom. The van der Waals surface area contributed by atoms with Gasteiger partial charge in [-0.05, 0) is 49.6 Å². The molecule has 2 rings (SSSR count). The molecule has 1 fully saturated rings. The van der Waals surface area contributed by atoms with Crippen molar-refractivity contribution in [3.8, 4) is 0 Å². The maximum Gasteiger partial charge on any atom is 2.00 e. The minimum atomic E-state index is -1.23. The van der Waals surface area contributed by atoms with E-state index in [0.29, 0.717) is 6.54 Å². The smallest absolute Gasteiger partial charge is 1.00 e. The second-order valence-corrected chi connectivity index (χ2v) is 8.16. The van der Waals surface area contributed by atoms with E-state index in [1.807, 2.05) is 35.2 Å². The van der Waals surface area contributed by atoms with Crippen LogP contribution in [-0.4, -0.2) is 67.3 Å². The van der Waals surface area contributed by atoms with Crippen LogP contribution in [0.4, 0.5) is 5.69 Å². The van der Waals surface area contributed by atoms with Crippen LogP contribution in [0.2, 0.25) is 0 Å². The molecule has 1 aromatic rings. The number of carboxylic acids is 1. The van der Waals surface area contributed by atoms with Crippen molar-refractivity contribution in [2.75, 3.05) is 11.4 Å². The molecule has 1 amide bonds. The normalized spacial score (nSPS) is 15.0. The number of carbonyl (C=O) groups excluding carboxylic acids is 2. The molecule has 0 aliphatic heterocycles. The Morgan fingerprint density at radius 2 is 1.87 bits per heavy atom. The number of nitrogens with zero attached hydrogens (tertiary/aromatic N) is 1. The van der Waals surface area contributed by atoms with E-state index in [2.05, 4.69) is 22.5 Å². The van der Waals surface area contributed by atoms with Gasteiger partial charge in [0, 0.05) is 16.1 Å². The van der Waals surface area contributed by atoms with Gasteiger partial charge in [-0.3, -0.25) is 4.79 Å². The molecule has 0 spiro atoms. The molecule has 0 saturated heterocycles. The average Bonchev–Trinajstić information content (AvgIpc) is 2.72. The second-order valence-electron chi connectivity index (χ2n) is 7.25. The molecule has 1 aliphatic carbocycles. The molecule has 0 bridgehead atoms. The Balaban J connectivity index is 0.00000450. The summed E-state index contributed by atoms with van der Waals surface area (Å²) >= 11 is 3.49.